The maximum Gasteiger partial charge on any atom is 0.336 e. The monoisotopic (exact) mass is 475 g/mol. The summed E-state index contributed by atoms with van der Waals surface area (Å²) in [4.78, 5) is 53.4. The van der Waals surface area contributed by atoms with Gasteiger partial charge in [0.15, 0.2) is 5.60 Å². The third kappa shape index (κ3) is 12.8. The first-order valence-corrected chi connectivity index (χ1v) is 9.49. The van der Waals surface area contributed by atoms with E-state index < -0.39 is 48.3 Å². The van der Waals surface area contributed by atoms with E-state index in [1.807, 2.05) is 18.7 Å². The van der Waals surface area contributed by atoms with Gasteiger partial charge in [0.25, 0.3) is 0 Å². The Morgan fingerprint density at radius 2 is 1.15 bits per heavy atom. The predicted octanol–water partition coefficient (Wildman–Crippen LogP) is 0.501. The Kier molecular flexibility index (Phi) is 14.7. The number of aliphatic hydroxyl groups is 2. The zero-order valence-electron chi connectivity index (χ0n) is 18.3. The Labute approximate surface area is 189 Å². The first-order chi connectivity index (χ1) is 15.1. The summed E-state index contributed by atoms with van der Waals surface area (Å²) in [6.07, 6.45) is -2.58. The highest BCUT2D eigenvalue weighted by Crippen LogP contribution is 2.15. The Bertz CT molecular complexity index is 768. The minimum atomic E-state index is -2.74. The molecule has 13 nitrogen and oxygen atoms in total. The molecule has 7 N–H and O–H groups in total. The predicted molar refractivity (Wildman–Crippen MR) is 112 cm³/mol. The molecule has 0 aromatic heterocycles. The maximum atomic E-state index is 10.5. The van der Waals surface area contributed by atoms with E-state index in [0.29, 0.717) is 0 Å². The Morgan fingerprint density at radius 3 is 1.30 bits per heavy atom. The molecular weight excluding hydrogens is 446 g/mol. The maximum absolute atomic E-state index is 10.5. The molecule has 0 saturated heterocycles. The summed E-state index contributed by atoms with van der Waals surface area (Å²) in [6.45, 7) is 7.71. The number of aromatic carboxylic acids is 2. The Morgan fingerprint density at radius 1 is 0.818 bits per heavy atom. The van der Waals surface area contributed by atoms with Gasteiger partial charge in [-0.1, -0.05) is 26.0 Å². The number of aliphatic carboxylic acids is 3. The number of benzene rings is 1. The molecule has 186 valence electrons. The van der Waals surface area contributed by atoms with Crippen LogP contribution in [0.2, 0.25) is 0 Å². The van der Waals surface area contributed by atoms with Crippen molar-refractivity contribution in [1.82, 2.24) is 4.90 Å². The molecule has 0 radical (unpaired) electrons. The van der Waals surface area contributed by atoms with Crippen LogP contribution in [0.5, 0.6) is 0 Å². The molecule has 1 atom stereocenters. The average Bonchev–Trinajstić information content (AvgIpc) is 2.68. The van der Waals surface area contributed by atoms with Crippen LogP contribution in [0.15, 0.2) is 24.3 Å². The summed E-state index contributed by atoms with van der Waals surface area (Å²) in [5, 5.41) is 59.9. The molecule has 0 amide bonds. The number of hydrogen-bond donors (Lipinski definition) is 7. The highest BCUT2D eigenvalue weighted by atomic mass is 16.4. The summed E-state index contributed by atoms with van der Waals surface area (Å²) >= 11 is 0. The van der Waals surface area contributed by atoms with E-state index in [2.05, 4.69) is 0 Å². The van der Waals surface area contributed by atoms with E-state index in [-0.39, 0.29) is 17.4 Å². The van der Waals surface area contributed by atoms with Gasteiger partial charge in [0.2, 0.25) is 0 Å². The highest BCUT2D eigenvalue weighted by Gasteiger charge is 2.40. The number of aliphatic hydroxyl groups excluding tert-OH is 1. The van der Waals surface area contributed by atoms with E-state index in [4.69, 9.17) is 35.7 Å². The summed E-state index contributed by atoms with van der Waals surface area (Å²) in [5.41, 5.74) is -3.12. The van der Waals surface area contributed by atoms with E-state index in [0.717, 1.165) is 13.1 Å². The summed E-state index contributed by atoms with van der Waals surface area (Å²) in [6, 6.07) is 5.48. The Hall–Kier alpha value is -3.55. The molecule has 0 bridgehead atoms. The van der Waals surface area contributed by atoms with Crippen LogP contribution in [0.4, 0.5) is 0 Å². The van der Waals surface area contributed by atoms with Gasteiger partial charge in [-0.2, -0.15) is 0 Å². The van der Waals surface area contributed by atoms with Gasteiger partial charge in [0, 0.05) is 0 Å². The number of carbonyl (C=O) groups is 5. The molecule has 13 heteroatoms. The standard InChI is InChI=1S/C8H6O4.C6H15NO.C6H8O7/c9-7(10)5-3-1-2-4-6(5)8(11)12;1-4-7(5-2)6(3)8;7-3(8)1-6(13,5(11)12)2-4(9)10/h1-4H,(H,9,10)(H,11,12);6,8H,4-5H2,1-3H3;13H,1-2H2,(H,7,8)(H,9,10)(H,11,12). The van der Waals surface area contributed by atoms with Gasteiger partial charge in [-0.15, -0.1) is 0 Å². The SMILES string of the molecule is CCN(CC)C(C)O.O=C(O)CC(O)(CC(=O)O)C(=O)O.O=C(O)c1ccccc1C(=O)O. The molecule has 0 heterocycles. The van der Waals surface area contributed by atoms with Crippen molar-refractivity contribution in [1.29, 1.82) is 0 Å². The number of carboxylic acids is 5. The lowest BCUT2D eigenvalue weighted by Crippen LogP contribution is -2.42. The zero-order valence-corrected chi connectivity index (χ0v) is 18.3. The smallest absolute Gasteiger partial charge is 0.336 e. The van der Waals surface area contributed by atoms with Crippen molar-refractivity contribution in [2.24, 2.45) is 0 Å². The van der Waals surface area contributed by atoms with E-state index in [9.17, 15) is 24.0 Å². The number of rotatable bonds is 10. The van der Waals surface area contributed by atoms with Crippen molar-refractivity contribution in [2.75, 3.05) is 13.1 Å². The van der Waals surface area contributed by atoms with Crippen LogP contribution in [0.1, 0.15) is 54.3 Å². The summed E-state index contributed by atoms with van der Waals surface area (Å²) < 4.78 is 0. The molecular formula is C20H29NO12. The normalized spacial score (nSPS) is 11.2. The van der Waals surface area contributed by atoms with E-state index in [1.54, 1.807) is 6.92 Å². The van der Waals surface area contributed by atoms with Crippen molar-refractivity contribution >= 4 is 29.8 Å². The highest BCUT2D eigenvalue weighted by molar-refractivity contribution is 6.01. The zero-order chi connectivity index (χ0) is 26.4. The molecule has 0 spiro atoms. The van der Waals surface area contributed by atoms with Crippen LogP contribution in [0.25, 0.3) is 0 Å². The van der Waals surface area contributed by atoms with Crippen LogP contribution in [0.3, 0.4) is 0 Å². The van der Waals surface area contributed by atoms with Crippen molar-refractivity contribution in [3.63, 3.8) is 0 Å². The summed E-state index contributed by atoms with van der Waals surface area (Å²) in [5.74, 6) is -7.48. The minimum Gasteiger partial charge on any atom is -0.481 e. The average molecular weight is 475 g/mol. The van der Waals surface area contributed by atoms with Crippen molar-refractivity contribution in [3.05, 3.63) is 35.4 Å². The minimum absolute atomic E-state index is 0.190. The fourth-order valence-corrected chi connectivity index (χ4v) is 2.32. The van der Waals surface area contributed by atoms with Crippen molar-refractivity contribution in [2.45, 2.75) is 45.4 Å². The van der Waals surface area contributed by atoms with Crippen LogP contribution >= 0.6 is 0 Å². The molecule has 1 unspecified atom stereocenters. The number of nitrogens with zero attached hydrogens (tertiary/aromatic N) is 1. The van der Waals surface area contributed by atoms with Gasteiger partial charge in [-0.25, -0.2) is 14.4 Å². The van der Waals surface area contributed by atoms with E-state index in [1.165, 1.54) is 24.3 Å². The van der Waals surface area contributed by atoms with Gasteiger partial charge >= 0.3 is 29.8 Å². The largest absolute Gasteiger partial charge is 0.481 e. The molecule has 0 saturated carbocycles. The first kappa shape index (κ1) is 31.6. The lowest BCUT2D eigenvalue weighted by Gasteiger charge is -2.20. The van der Waals surface area contributed by atoms with Crippen LogP contribution in [-0.4, -0.2) is 95.4 Å². The third-order valence-electron chi connectivity index (χ3n) is 4.01. The van der Waals surface area contributed by atoms with Crippen LogP contribution in [0, 0.1) is 0 Å². The third-order valence-corrected chi connectivity index (χ3v) is 4.01. The molecule has 0 aliphatic rings. The second-order valence-corrected chi connectivity index (χ2v) is 6.49. The molecule has 1 rings (SSSR count). The van der Waals surface area contributed by atoms with E-state index >= 15 is 0 Å². The number of carboxylic acid groups (broad SMARTS) is 5. The summed E-state index contributed by atoms with van der Waals surface area (Å²) in [7, 11) is 0. The van der Waals surface area contributed by atoms with Gasteiger partial charge < -0.3 is 35.7 Å². The fourth-order valence-electron chi connectivity index (χ4n) is 2.32. The second-order valence-electron chi connectivity index (χ2n) is 6.49. The van der Waals surface area contributed by atoms with Gasteiger partial charge in [0.05, 0.1) is 24.0 Å². The lowest BCUT2D eigenvalue weighted by molar-refractivity contribution is -0.170. The molecule has 0 fully saturated rings. The van der Waals surface area contributed by atoms with Crippen LogP contribution in [-0.2, 0) is 14.4 Å². The van der Waals surface area contributed by atoms with Gasteiger partial charge in [0.1, 0.15) is 6.23 Å². The first-order valence-electron chi connectivity index (χ1n) is 9.49. The second kappa shape index (κ2) is 15.3. The van der Waals surface area contributed by atoms with Crippen LogP contribution < -0.4 is 0 Å². The van der Waals surface area contributed by atoms with Gasteiger partial charge in [-0.3, -0.25) is 14.5 Å². The topological polar surface area (TPSA) is 230 Å². The Balaban J connectivity index is 0. The molecule has 1 aromatic carbocycles. The number of hydrogen-bond acceptors (Lipinski definition) is 8. The van der Waals surface area contributed by atoms with Crippen molar-refractivity contribution in [3.8, 4) is 0 Å². The molecule has 33 heavy (non-hydrogen) atoms. The quantitative estimate of drug-likeness (QED) is 0.229. The van der Waals surface area contributed by atoms with Crippen molar-refractivity contribution < 1.29 is 59.7 Å². The lowest BCUT2D eigenvalue weighted by atomic mass is 9.96. The van der Waals surface area contributed by atoms with Gasteiger partial charge in [-0.05, 0) is 32.1 Å². The molecule has 0 aliphatic carbocycles. The molecule has 0 aliphatic heterocycles. The molecule has 1 aromatic rings. The fraction of sp³-hybridized carbons (Fsp3) is 0.450.